The van der Waals surface area contributed by atoms with Crippen molar-refractivity contribution in [3.8, 4) is 0 Å². The number of rotatable bonds is 3. The number of fused-ring (bicyclic) bond motifs is 2. The average Bonchev–Trinajstić information content (AvgIpc) is 2.46. The molecule has 1 aliphatic heterocycles. The van der Waals surface area contributed by atoms with Crippen LogP contribution in [0.1, 0.15) is 17.5 Å². The van der Waals surface area contributed by atoms with Crippen molar-refractivity contribution >= 4 is 34.3 Å². The molecule has 0 saturated heterocycles. The number of halogens is 2. The number of benzene rings is 2. The van der Waals surface area contributed by atoms with E-state index in [1.165, 1.54) is 16.5 Å². The Kier molecular flexibility index (Phi) is 5.84. The summed E-state index contributed by atoms with van der Waals surface area (Å²) < 4.78 is 13.6. The maximum Gasteiger partial charge on any atom is 0.123 e. The minimum atomic E-state index is -0.174. The highest BCUT2D eigenvalue weighted by atomic mass is 79.9. The normalized spacial score (nSPS) is 14.5. The highest BCUT2D eigenvalue weighted by Crippen LogP contribution is 2.45. The molecule has 1 aliphatic rings. The van der Waals surface area contributed by atoms with Crippen LogP contribution in [0.25, 0.3) is 5.57 Å². The molecule has 0 aromatic heterocycles. The van der Waals surface area contributed by atoms with E-state index in [0.717, 1.165) is 29.0 Å². The second kappa shape index (κ2) is 7.44. The van der Waals surface area contributed by atoms with Gasteiger partial charge in [-0.15, -0.1) is 17.0 Å². The van der Waals surface area contributed by atoms with Crippen molar-refractivity contribution in [1.29, 1.82) is 0 Å². The Bertz CT molecular complexity index is 697. The molecule has 0 saturated carbocycles. The summed E-state index contributed by atoms with van der Waals surface area (Å²) in [7, 11) is 4.13. The molecule has 2 aromatic rings. The summed E-state index contributed by atoms with van der Waals surface area (Å²) in [5.41, 5.74) is 3.37. The molecule has 0 atom stereocenters. The predicted molar refractivity (Wildman–Crippen MR) is 97.5 cm³/mol. The maximum atomic E-state index is 13.6. The zero-order valence-corrected chi connectivity index (χ0v) is 15.2. The predicted octanol–water partition coefficient (Wildman–Crippen LogP) is 5.25. The summed E-state index contributed by atoms with van der Waals surface area (Å²) in [6.45, 7) is 0.990. The molecule has 4 heteroatoms. The molecular formula is C18H19BrFNS. The molecule has 2 aromatic carbocycles. The van der Waals surface area contributed by atoms with Crippen molar-refractivity contribution in [2.24, 2.45) is 0 Å². The first kappa shape index (κ1) is 17.3. The first-order valence-electron chi connectivity index (χ1n) is 7.07. The molecule has 0 fully saturated rings. The standard InChI is InChI=1S/C18H18FNS.BrH/c1-20(2)11-5-7-14-15-6-3-4-8-17(15)21-18-10-9-13(19)12-16(14)18;/h3-4,6-10,12H,5,11H2,1-2H3;1H/b14-7-;. The van der Waals surface area contributed by atoms with E-state index in [0.29, 0.717) is 0 Å². The molecule has 3 rings (SSSR count). The van der Waals surface area contributed by atoms with Gasteiger partial charge in [0, 0.05) is 16.3 Å². The monoisotopic (exact) mass is 379 g/mol. The maximum absolute atomic E-state index is 13.6. The highest BCUT2D eigenvalue weighted by Gasteiger charge is 2.20. The molecule has 0 N–H and O–H groups in total. The second-order valence-corrected chi connectivity index (χ2v) is 6.53. The van der Waals surface area contributed by atoms with Crippen LogP contribution < -0.4 is 0 Å². The van der Waals surface area contributed by atoms with Crippen LogP contribution in [0.3, 0.4) is 0 Å². The Balaban J connectivity index is 0.00000176. The van der Waals surface area contributed by atoms with E-state index in [1.54, 1.807) is 17.8 Å². The number of nitrogens with zero attached hydrogens (tertiary/aromatic N) is 1. The van der Waals surface area contributed by atoms with Gasteiger partial charge in [0.05, 0.1) is 0 Å². The fourth-order valence-electron chi connectivity index (χ4n) is 2.53. The molecule has 22 heavy (non-hydrogen) atoms. The lowest BCUT2D eigenvalue weighted by Crippen LogP contribution is -2.12. The highest BCUT2D eigenvalue weighted by molar-refractivity contribution is 8.93. The largest absolute Gasteiger partial charge is 0.309 e. The van der Waals surface area contributed by atoms with Crippen molar-refractivity contribution in [2.45, 2.75) is 16.2 Å². The Hall–Kier alpha value is -1.10. The summed E-state index contributed by atoms with van der Waals surface area (Å²) in [4.78, 5) is 4.53. The SMILES string of the molecule is Br.CN(C)CC/C=C1/c2ccccc2Sc2ccc(F)cc21. The first-order chi connectivity index (χ1) is 10.1. The Morgan fingerprint density at radius 1 is 1.05 bits per heavy atom. The van der Waals surface area contributed by atoms with Gasteiger partial charge in [0.2, 0.25) is 0 Å². The summed E-state index contributed by atoms with van der Waals surface area (Å²) >= 11 is 1.72. The van der Waals surface area contributed by atoms with Gasteiger partial charge in [-0.25, -0.2) is 4.39 Å². The van der Waals surface area contributed by atoms with Crippen LogP contribution in [0.4, 0.5) is 4.39 Å². The molecule has 1 heterocycles. The second-order valence-electron chi connectivity index (χ2n) is 5.45. The Morgan fingerprint density at radius 2 is 1.77 bits per heavy atom. The van der Waals surface area contributed by atoms with Gasteiger partial charge < -0.3 is 4.90 Å². The molecule has 0 amide bonds. The molecule has 116 valence electrons. The third-order valence-corrected chi connectivity index (χ3v) is 4.71. The lowest BCUT2D eigenvalue weighted by atomic mass is 9.96. The van der Waals surface area contributed by atoms with Gasteiger partial charge in [0.1, 0.15) is 5.82 Å². The van der Waals surface area contributed by atoms with Crippen molar-refractivity contribution in [1.82, 2.24) is 4.90 Å². The van der Waals surface area contributed by atoms with Gasteiger partial charge in [-0.05, 0) is 61.5 Å². The fourth-order valence-corrected chi connectivity index (χ4v) is 3.62. The van der Waals surface area contributed by atoms with Crippen LogP contribution in [-0.2, 0) is 0 Å². The van der Waals surface area contributed by atoms with Crippen molar-refractivity contribution < 1.29 is 4.39 Å². The van der Waals surface area contributed by atoms with Gasteiger partial charge in [-0.2, -0.15) is 0 Å². The van der Waals surface area contributed by atoms with Crippen molar-refractivity contribution in [3.05, 3.63) is 65.5 Å². The van der Waals surface area contributed by atoms with Gasteiger partial charge in [-0.3, -0.25) is 0 Å². The van der Waals surface area contributed by atoms with Crippen molar-refractivity contribution in [2.75, 3.05) is 20.6 Å². The van der Waals surface area contributed by atoms with E-state index >= 15 is 0 Å². The smallest absolute Gasteiger partial charge is 0.123 e. The molecular weight excluding hydrogens is 361 g/mol. The third kappa shape index (κ3) is 3.62. The van der Waals surface area contributed by atoms with Gasteiger partial charge in [-0.1, -0.05) is 36.0 Å². The molecule has 0 radical (unpaired) electrons. The zero-order valence-electron chi connectivity index (χ0n) is 12.7. The van der Waals surface area contributed by atoms with Crippen LogP contribution in [0.5, 0.6) is 0 Å². The van der Waals surface area contributed by atoms with E-state index in [9.17, 15) is 4.39 Å². The first-order valence-corrected chi connectivity index (χ1v) is 7.89. The Labute approximate surface area is 146 Å². The minimum Gasteiger partial charge on any atom is -0.309 e. The van der Waals surface area contributed by atoms with Crippen LogP contribution in [0, 0.1) is 5.82 Å². The summed E-state index contributed by atoms with van der Waals surface area (Å²) in [5, 5.41) is 0. The lowest BCUT2D eigenvalue weighted by Gasteiger charge is -2.22. The van der Waals surface area contributed by atoms with E-state index in [2.05, 4.69) is 43.3 Å². The molecule has 0 spiro atoms. The fraction of sp³-hybridized carbons (Fsp3) is 0.222. The lowest BCUT2D eigenvalue weighted by molar-refractivity contribution is 0.417. The van der Waals surface area contributed by atoms with E-state index < -0.39 is 0 Å². The summed E-state index contributed by atoms with van der Waals surface area (Å²) in [6, 6.07) is 13.4. The third-order valence-electron chi connectivity index (χ3n) is 3.55. The number of hydrogen-bond acceptors (Lipinski definition) is 2. The van der Waals surface area contributed by atoms with E-state index in [1.807, 2.05) is 12.1 Å². The van der Waals surface area contributed by atoms with Gasteiger partial charge >= 0.3 is 0 Å². The van der Waals surface area contributed by atoms with Crippen LogP contribution in [-0.4, -0.2) is 25.5 Å². The van der Waals surface area contributed by atoms with E-state index in [4.69, 9.17) is 0 Å². The zero-order chi connectivity index (χ0) is 14.8. The molecule has 1 nitrogen and oxygen atoms in total. The molecule has 0 aliphatic carbocycles. The van der Waals surface area contributed by atoms with Crippen LogP contribution in [0.15, 0.2) is 58.3 Å². The quantitative estimate of drug-likeness (QED) is 0.611. The van der Waals surface area contributed by atoms with Gasteiger partial charge in [0.15, 0.2) is 0 Å². The van der Waals surface area contributed by atoms with Crippen LogP contribution in [0.2, 0.25) is 0 Å². The topological polar surface area (TPSA) is 3.24 Å². The summed E-state index contributed by atoms with van der Waals surface area (Å²) in [5.74, 6) is -0.174. The van der Waals surface area contributed by atoms with Gasteiger partial charge in [0.25, 0.3) is 0 Å². The van der Waals surface area contributed by atoms with E-state index in [-0.39, 0.29) is 22.8 Å². The minimum absolute atomic E-state index is 0. The average molecular weight is 380 g/mol. The van der Waals surface area contributed by atoms with Crippen LogP contribution >= 0.6 is 28.7 Å². The summed E-state index contributed by atoms with van der Waals surface area (Å²) in [6.07, 6.45) is 3.19. The molecule has 0 unspecified atom stereocenters. The number of hydrogen-bond donors (Lipinski definition) is 0. The molecule has 0 bridgehead atoms. The Morgan fingerprint density at radius 3 is 2.55 bits per heavy atom. The van der Waals surface area contributed by atoms with Crippen molar-refractivity contribution in [3.63, 3.8) is 0 Å².